The second-order valence-electron chi connectivity index (χ2n) is 7.28. The van der Waals surface area contributed by atoms with Gasteiger partial charge in [-0.1, -0.05) is 13.8 Å². The van der Waals surface area contributed by atoms with E-state index in [2.05, 4.69) is 19.2 Å². The number of hydrogen-bond donors (Lipinski definition) is 2. The average molecular weight is 379 g/mol. The lowest BCUT2D eigenvalue weighted by molar-refractivity contribution is -0.154. The Morgan fingerprint density at radius 1 is 1.26 bits per heavy atom. The molecule has 2 N–H and O–H groups in total. The van der Waals surface area contributed by atoms with Crippen molar-refractivity contribution in [1.82, 2.24) is 5.32 Å². The molecule has 1 heterocycles. The molecule has 7 heteroatoms. The zero-order valence-electron chi connectivity index (χ0n) is 16.2. The predicted octanol–water partition coefficient (Wildman–Crippen LogP) is 2.73. The number of carbonyl (C=O) groups excluding carboxylic acids is 1. The van der Waals surface area contributed by atoms with Gasteiger partial charge in [0.1, 0.15) is 0 Å². The van der Waals surface area contributed by atoms with Crippen LogP contribution in [0.15, 0.2) is 18.2 Å². The Hall–Kier alpha value is -2.28. The van der Waals surface area contributed by atoms with Gasteiger partial charge in [0.2, 0.25) is 0 Å². The quantitative estimate of drug-likeness (QED) is 0.685. The highest BCUT2D eigenvalue weighted by atomic mass is 16.5. The maximum Gasteiger partial charge on any atom is 0.311 e. The maximum atomic E-state index is 12.5. The fourth-order valence-corrected chi connectivity index (χ4v) is 2.91. The fraction of sp³-hybridized carbons (Fsp3) is 0.600. The molecule has 0 saturated carbocycles. The van der Waals surface area contributed by atoms with Crippen LogP contribution in [0.1, 0.15) is 43.5 Å². The van der Waals surface area contributed by atoms with Crippen molar-refractivity contribution in [3.63, 3.8) is 0 Å². The molecule has 2 rings (SSSR count). The van der Waals surface area contributed by atoms with Gasteiger partial charge in [0.15, 0.2) is 11.5 Å². The second kappa shape index (κ2) is 9.60. The molecule has 1 saturated heterocycles. The van der Waals surface area contributed by atoms with E-state index in [4.69, 9.17) is 14.2 Å². The van der Waals surface area contributed by atoms with Crippen LogP contribution in [0.3, 0.4) is 0 Å². The number of carbonyl (C=O) groups is 2. The number of ether oxygens (including phenoxy) is 3. The summed E-state index contributed by atoms with van der Waals surface area (Å²) in [6, 6.07) is 4.97. The van der Waals surface area contributed by atoms with Gasteiger partial charge in [-0.05, 0) is 43.4 Å². The van der Waals surface area contributed by atoms with Crippen molar-refractivity contribution in [1.29, 1.82) is 0 Å². The van der Waals surface area contributed by atoms with Gasteiger partial charge in [-0.3, -0.25) is 9.59 Å². The topological polar surface area (TPSA) is 94.1 Å². The third-order valence-electron chi connectivity index (χ3n) is 4.87. The van der Waals surface area contributed by atoms with Crippen molar-refractivity contribution in [3.05, 3.63) is 23.8 Å². The Morgan fingerprint density at radius 3 is 2.56 bits per heavy atom. The highest BCUT2D eigenvalue weighted by Gasteiger charge is 2.40. The van der Waals surface area contributed by atoms with Crippen LogP contribution in [0.5, 0.6) is 11.5 Å². The van der Waals surface area contributed by atoms with E-state index in [0.717, 1.165) is 6.42 Å². The number of amides is 1. The van der Waals surface area contributed by atoms with E-state index < -0.39 is 11.4 Å². The molecule has 0 aliphatic carbocycles. The summed E-state index contributed by atoms with van der Waals surface area (Å²) in [4.78, 5) is 24.2. The predicted molar refractivity (Wildman–Crippen MR) is 100 cm³/mol. The number of rotatable bonds is 9. The Bertz CT molecular complexity index is 652. The first-order valence-corrected chi connectivity index (χ1v) is 9.28. The molecule has 0 bridgehead atoms. The smallest absolute Gasteiger partial charge is 0.311 e. The van der Waals surface area contributed by atoms with Crippen LogP contribution in [0.4, 0.5) is 0 Å². The summed E-state index contributed by atoms with van der Waals surface area (Å²) < 4.78 is 16.3. The minimum Gasteiger partial charge on any atom is -0.493 e. The number of carboxylic acid groups (broad SMARTS) is 1. The summed E-state index contributed by atoms with van der Waals surface area (Å²) in [5.41, 5.74) is -0.576. The van der Waals surface area contributed by atoms with Crippen LogP contribution in [-0.4, -0.2) is 50.5 Å². The number of carboxylic acids is 1. The number of nitrogens with one attached hydrogen (secondary N) is 1. The standard InChI is InChI=1S/C20H29NO6/c1-14(2)6-9-27-16-5-4-15(12-17(16)25-3)18(22)21-13-20(19(23)24)7-10-26-11-8-20/h4-5,12,14H,6-11,13H2,1-3H3,(H,21,22)(H,23,24). The maximum absolute atomic E-state index is 12.5. The van der Waals surface area contributed by atoms with E-state index in [-0.39, 0.29) is 12.5 Å². The minimum absolute atomic E-state index is 0.0689. The minimum atomic E-state index is -0.974. The first-order chi connectivity index (χ1) is 12.9. The summed E-state index contributed by atoms with van der Waals surface area (Å²) in [5, 5.41) is 12.3. The number of benzene rings is 1. The van der Waals surface area contributed by atoms with Gasteiger partial charge in [0.25, 0.3) is 5.91 Å². The normalized spacial score (nSPS) is 16.0. The highest BCUT2D eigenvalue weighted by Crippen LogP contribution is 2.31. The summed E-state index contributed by atoms with van der Waals surface area (Å²) in [7, 11) is 1.52. The molecule has 1 aromatic carbocycles. The number of methoxy groups -OCH3 is 1. The SMILES string of the molecule is COc1cc(C(=O)NCC2(C(=O)O)CCOCC2)ccc1OCCC(C)C. The molecule has 7 nitrogen and oxygen atoms in total. The molecule has 0 atom stereocenters. The first kappa shape index (κ1) is 21.0. The molecule has 0 radical (unpaired) electrons. The van der Waals surface area contributed by atoms with Crippen LogP contribution in [0.25, 0.3) is 0 Å². The molecule has 27 heavy (non-hydrogen) atoms. The van der Waals surface area contributed by atoms with E-state index >= 15 is 0 Å². The Balaban J connectivity index is 2.02. The lowest BCUT2D eigenvalue weighted by Gasteiger charge is -2.33. The molecule has 0 aromatic heterocycles. The van der Waals surface area contributed by atoms with E-state index in [1.165, 1.54) is 7.11 Å². The van der Waals surface area contributed by atoms with Crippen molar-refractivity contribution < 1.29 is 28.9 Å². The Kier molecular flexibility index (Phi) is 7.47. The number of hydrogen-bond acceptors (Lipinski definition) is 5. The van der Waals surface area contributed by atoms with Crippen LogP contribution < -0.4 is 14.8 Å². The van der Waals surface area contributed by atoms with Crippen molar-refractivity contribution in [2.75, 3.05) is 33.5 Å². The van der Waals surface area contributed by atoms with E-state index in [1.54, 1.807) is 18.2 Å². The summed E-state index contributed by atoms with van der Waals surface area (Å²) in [6.07, 6.45) is 1.69. The Labute approximate surface area is 160 Å². The molecule has 0 spiro atoms. The molecular weight excluding hydrogens is 350 g/mol. The van der Waals surface area contributed by atoms with Gasteiger partial charge in [0, 0.05) is 25.3 Å². The molecule has 1 aliphatic heterocycles. The zero-order valence-corrected chi connectivity index (χ0v) is 16.2. The van der Waals surface area contributed by atoms with Crippen LogP contribution in [-0.2, 0) is 9.53 Å². The van der Waals surface area contributed by atoms with E-state index in [9.17, 15) is 14.7 Å². The van der Waals surface area contributed by atoms with E-state index in [1.807, 2.05) is 0 Å². The van der Waals surface area contributed by atoms with Crippen molar-refractivity contribution in [3.8, 4) is 11.5 Å². The van der Waals surface area contributed by atoms with Crippen molar-refractivity contribution >= 4 is 11.9 Å². The van der Waals surface area contributed by atoms with Crippen molar-refractivity contribution in [2.45, 2.75) is 33.1 Å². The lowest BCUT2D eigenvalue weighted by atomic mass is 9.80. The van der Waals surface area contributed by atoms with Gasteiger partial charge in [-0.25, -0.2) is 0 Å². The summed E-state index contributed by atoms with van der Waals surface area (Å²) in [5.74, 6) is 0.353. The summed E-state index contributed by atoms with van der Waals surface area (Å²) in [6.45, 7) is 5.66. The first-order valence-electron chi connectivity index (χ1n) is 9.28. The fourth-order valence-electron chi connectivity index (χ4n) is 2.91. The summed E-state index contributed by atoms with van der Waals surface area (Å²) >= 11 is 0. The molecule has 0 unspecified atom stereocenters. The third-order valence-corrected chi connectivity index (χ3v) is 4.87. The second-order valence-corrected chi connectivity index (χ2v) is 7.28. The monoisotopic (exact) mass is 379 g/mol. The zero-order chi connectivity index (χ0) is 19.9. The number of aliphatic carboxylic acids is 1. The van der Waals surface area contributed by atoms with Crippen LogP contribution in [0.2, 0.25) is 0 Å². The molecule has 1 fully saturated rings. The third kappa shape index (κ3) is 5.60. The average Bonchev–Trinajstić information content (AvgIpc) is 2.66. The van der Waals surface area contributed by atoms with Crippen LogP contribution in [0, 0.1) is 11.3 Å². The van der Waals surface area contributed by atoms with Crippen molar-refractivity contribution in [2.24, 2.45) is 11.3 Å². The Morgan fingerprint density at radius 2 is 1.96 bits per heavy atom. The lowest BCUT2D eigenvalue weighted by Crippen LogP contribution is -2.46. The largest absolute Gasteiger partial charge is 0.493 e. The molecule has 1 amide bonds. The molecule has 1 aliphatic rings. The van der Waals surface area contributed by atoms with E-state index in [0.29, 0.717) is 55.6 Å². The molecule has 1 aromatic rings. The van der Waals surface area contributed by atoms with Gasteiger partial charge in [-0.15, -0.1) is 0 Å². The molecule has 150 valence electrons. The highest BCUT2D eigenvalue weighted by molar-refractivity contribution is 5.95. The van der Waals surface area contributed by atoms with Gasteiger partial charge >= 0.3 is 5.97 Å². The van der Waals surface area contributed by atoms with Crippen LogP contribution >= 0.6 is 0 Å². The molecular formula is C20H29NO6. The van der Waals surface area contributed by atoms with Gasteiger partial charge in [-0.2, -0.15) is 0 Å². The van der Waals surface area contributed by atoms with Gasteiger partial charge in [0.05, 0.1) is 19.1 Å². The van der Waals surface area contributed by atoms with Gasteiger partial charge < -0.3 is 24.6 Å².